The minimum absolute atomic E-state index is 1.33. The maximum absolute atomic E-state index is 2.30. The van der Waals surface area contributed by atoms with Crippen molar-refractivity contribution in [1.82, 2.24) is 0 Å². The van der Waals surface area contributed by atoms with Crippen LogP contribution in [0.3, 0.4) is 0 Å². The van der Waals surface area contributed by atoms with Crippen molar-refractivity contribution in [2.24, 2.45) is 0 Å². The normalized spacial score (nSPS) is 11.8. The summed E-state index contributed by atoms with van der Waals surface area (Å²) in [6.07, 6.45) is 0. The Morgan fingerprint density at radius 2 is 0.875 bits per heavy atom. The second kappa shape index (κ2) is 2.73. The van der Waals surface area contributed by atoms with Crippen molar-refractivity contribution in [3.63, 3.8) is 0 Å². The zero-order valence-corrected chi connectivity index (χ0v) is 8.77. The summed E-state index contributed by atoms with van der Waals surface area (Å²) in [5, 5.41) is 2.66. The van der Waals surface area contributed by atoms with Gasteiger partial charge in [0.1, 0.15) is 0 Å². The molecule has 0 saturated carbocycles. The van der Waals surface area contributed by atoms with Crippen LogP contribution in [0, 0.1) is 0 Å². The molecule has 16 heavy (non-hydrogen) atoms. The molecule has 4 rings (SSSR count). The van der Waals surface area contributed by atoms with E-state index in [0.717, 1.165) is 0 Å². The molecule has 0 saturated heterocycles. The highest BCUT2D eigenvalue weighted by Crippen LogP contribution is 2.48. The zero-order valence-electron chi connectivity index (χ0n) is 8.77. The second-order valence-electron chi connectivity index (χ2n) is 4.29. The van der Waals surface area contributed by atoms with Gasteiger partial charge in [-0.15, -0.1) is 0 Å². The summed E-state index contributed by atoms with van der Waals surface area (Å²) >= 11 is 0. The average molecular weight is 202 g/mol. The van der Waals surface area contributed by atoms with E-state index in [0.29, 0.717) is 0 Å². The Morgan fingerprint density at radius 1 is 0.438 bits per heavy atom. The summed E-state index contributed by atoms with van der Waals surface area (Å²) in [5.41, 5.74) is 5.58. The van der Waals surface area contributed by atoms with Crippen LogP contribution < -0.4 is 0 Å². The average Bonchev–Trinajstić information content (AvgIpc) is 2.35. The predicted molar refractivity (Wildman–Crippen MR) is 68.4 cm³/mol. The van der Waals surface area contributed by atoms with Gasteiger partial charge < -0.3 is 0 Å². The van der Waals surface area contributed by atoms with E-state index in [-0.39, 0.29) is 0 Å². The lowest BCUT2D eigenvalue weighted by atomic mass is 9.79. The van der Waals surface area contributed by atoms with E-state index in [1.807, 2.05) is 0 Å². The predicted octanol–water partition coefficient (Wildman–Crippen LogP) is 4.49. The molecule has 1 aliphatic carbocycles. The van der Waals surface area contributed by atoms with E-state index in [9.17, 15) is 0 Å². The Balaban J connectivity index is 2.09. The highest BCUT2D eigenvalue weighted by atomic mass is 14.2. The molecule has 0 atom stereocenters. The Morgan fingerprint density at radius 3 is 1.38 bits per heavy atom. The Kier molecular flexibility index (Phi) is 1.39. The van der Waals surface area contributed by atoms with Gasteiger partial charge in [0.05, 0.1) is 0 Å². The van der Waals surface area contributed by atoms with Crippen molar-refractivity contribution in [2.45, 2.75) is 0 Å². The van der Waals surface area contributed by atoms with Gasteiger partial charge in [-0.2, -0.15) is 0 Å². The quantitative estimate of drug-likeness (QED) is 0.394. The van der Waals surface area contributed by atoms with Crippen molar-refractivity contribution in [2.75, 3.05) is 0 Å². The second-order valence-corrected chi connectivity index (χ2v) is 4.29. The number of hydrogen-bond acceptors (Lipinski definition) is 0. The summed E-state index contributed by atoms with van der Waals surface area (Å²) in [7, 11) is 0. The van der Waals surface area contributed by atoms with E-state index in [1.165, 1.54) is 33.0 Å². The third-order valence-electron chi connectivity index (χ3n) is 3.39. The molecular weight excluding hydrogens is 192 g/mol. The maximum Gasteiger partial charge on any atom is -0.00926 e. The fourth-order valence-corrected chi connectivity index (χ4v) is 2.58. The fourth-order valence-electron chi connectivity index (χ4n) is 2.58. The third-order valence-corrected chi connectivity index (χ3v) is 3.39. The molecule has 3 aromatic rings. The minimum atomic E-state index is 1.33. The standard InChI is InChI=1S/C16H10/c1-2-6-12-10-16-14-8-4-3-7-13(14)15(16)9-11(12)5-1/h1-10H. The lowest BCUT2D eigenvalue weighted by Crippen LogP contribution is -1.97. The molecule has 74 valence electrons. The molecule has 0 radical (unpaired) electrons. The van der Waals surface area contributed by atoms with E-state index >= 15 is 0 Å². The highest BCUT2D eigenvalue weighted by Gasteiger charge is 2.21. The lowest BCUT2D eigenvalue weighted by molar-refractivity contribution is 1.54. The summed E-state index contributed by atoms with van der Waals surface area (Å²) < 4.78 is 0. The smallest absolute Gasteiger partial charge is 0.00926 e. The molecule has 1 aliphatic rings. The third kappa shape index (κ3) is 0.892. The van der Waals surface area contributed by atoms with Gasteiger partial charge in [-0.1, -0.05) is 48.5 Å². The molecule has 0 bridgehead atoms. The van der Waals surface area contributed by atoms with Crippen molar-refractivity contribution >= 4 is 10.8 Å². The molecule has 0 amide bonds. The van der Waals surface area contributed by atoms with Crippen LogP contribution in [-0.4, -0.2) is 0 Å². The van der Waals surface area contributed by atoms with Crippen LogP contribution in [0.2, 0.25) is 0 Å². The number of hydrogen-bond donors (Lipinski definition) is 0. The van der Waals surface area contributed by atoms with Crippen LogP contribution in [0.4, 0.5) is 0 Å². The van der Waals surface area contributed by atoms with Crippen LogP contribution in [0.25, 0.3) is 33.0 Å². The minimum Gasteiger partial charge on any atom is -0.0616 e. The lowest BCUT2D eigenvalue weighted by Gasteiger charge is -2.24. The van der Waals surface area contributed by atoms with Gasteiger partial charge in [0, 0.05) is 0 Å². The summed E-state index contributed by atoms with van der Waals surface area (Å²) in [4.78, 5) is 0. The Hall–Kier alpha value is -2.08. The molecule has 0 fully saturated rings. The van der Waals surface area contributed by atoms with Crippen LogP contribution in [0.1, 0.15) is 0 Å². The van der Waals surface area contributed by atoms with Crippen LogP contribution in [-0.2, 0) is 0 Å². The van der Waals surface area contributed by atoms with Gasteiger partial charge in [-0.25, -0.2) is 0 Å². The largest absolute Gasteiger partial charge is 0.0616 e. The van der Waals surface area contributed by atoms with Crippen molar-refractivity contribution in [3.8, 4) is 22.3 Å². The van der Waals surface area contributed by atoms with E-state index in [1.54, 1.807) is 0 Å². The molecule has 0 nitrogen and oxygen atoms in total. The van der Waals surface area contributed by atoms with Crippen molar-refractivity contribution in [1.29, 1.82) is 0 Å². The van der Waals surface area contributed by atoms with Gasteiger partial charge in [-0.05, 0) is 45.2 Å². The highest BCUT2D eigenvalue weighted by molar-refractivity contribution is 6.07. The van der Waals surface area contributed by atoms with E-state index < -0.39 is 0 Å². The molecule has 0 aliphatic heterocycles. The first-order chi connectivity index (χ1) is 7.93. The number of benzene rings is 3. The first-order valence-electron chi connectivity index (χ1n) is 5.56. The zero-order chi connectivity index (χ0) is 10.5. The molecule has 0 unspecified atom stereocenters. The van der Waals surface area contributed by atoms with Crippen molar-refractivity contribution in [3.05, 3.63) is 60.7 Å². The number of rotatable bonds is 0. The van der Waals surface area contributed by atoms with Gasteiger partial charge in [0.25, 0.3) is 0 Å². The monoisotopic (exact) mass is 202 g/mol. The van der Waals surface area contributed by atoms with E-state index in [4.69, 9.17) is 0 Å². The van der Waals surface area contributed by atoms with Gasteiger partial charge in [-0.3, -0.25) is 0 Å². The molecule has 0 aromatic heterocycles. The first-order valence-corrected chi connectivity index (χ1v) is 5.56. The van der Waals surface area contributed by atoms with E-state index in [2.05, 4.69) is 60.7 Å². The van der Waals surface area contributed by atoms with Crippen LogP contribution >= 0.6 is 0 Å². The molecule has 0 N–H and O–H groups in total. The fraction of sp³-hybridized carbons (Fsp3) is 0. The SMILES string of the molecule is c1ccc2c(c1)-c1cc3ccccc3cc1-2. The molecule has 3 aromatic carbocycles. The Labute approximate surface area is 94.2 Å². The van der Waals surface area contributed by atoms with Gasteiger partial charge in [0.15, 0.2) is 0 Å². The van der Waals surface area contributed by atoms with Crippen LogP contribution in [0.15, 0.2) is 60.7 Å². The van der Waals surface area contributed by atoms with Gasteiger partial charge >= 0.3 is 0 Å². The van der Waals surface area contributed by atoms with Crippen LogP contribution in [0.5, 0.6) is 0 Å². The number of fused-ring (bicyclic) bond motifs is 5. The molecular formula is C16H10. The molecule has 0 heterocycles. The topological polar surface area (TPSA) is 0 Å². The summed E-state index contributed by atoms with van der Waals surface area (Å²) in [6.45, 7) is 0. The first kappa shape index (κ1) is 8.12. The summed E-state index contributed by atoms with van der Waals surface area (Å²) in [5.74, 6) is 0. The Bertz CT molecular complexity index is 647. The molecule has 0 heteroatoms. The molecule has 0 spiro atoms. The summed E-state index contributed by atoms with van der Waals surface area (Å²) in [6, 6.07) is 21.8. The van der Waals surface area contributed by atoms with Gasteiger partial charge in [0.2, 0.25) is 0 Å². The maximum atomic E-state index is 2.30. The van der Waals surface area contributed by atoms with Crippen molar-refractivity contribution < 1.29 is 0 Å².